The van der Waals surface area contributed by atoms with Crippen LogP contribution in [0, 0.1) is 16.6 Å². The number of allylic oxidation sites excluding steroid dienone is 2. The molecule has 2 aliphatic rings. The van der Waals surface area contributed by atoms with E-state index in [9.17, 15) is 9.59 Å². The number of aromatic nitrogens is 2. The minimum Gasteiger partial charge on any atom is -0.338 e. The molecule has 0 bridgehead atoms. The molecule has 2 atom stereocenters. The summed E-state index contributed by atoms with van der Waals surface area (Å²) in [5.74, 6) is 1.05. The molecular weight excluding hydrogens is 394 g/mol. The Balaban J connectivity index is 1.59. The first-order chi connectivity index (χ1) is 14.4. The lowest BCUT2D eigenvalue weighted by Crippen LogP contribution is -2.42. The molecule has 5 nitrogen and oxygen atoms in total. The molecule has 1 aliphatic heterocycles. The second kappa shape index (κ2) is 8.88. The number of amides is 1. The normalized spacial score (nSPS) is 22.2. The number of carbonyl (C=O) groups excluding carboxylic acids is 1. The molecule has 0 saturated carbocycles. The summed E-state index contributed by atoms with van der Waals surface area (Å²) in [5, 5.41) is 0.582. The molecule has 1 saturated heterocycles. The monoisotopic (exact) mass is 425 g/mol. The van der Waals surface area contributed by atoms with Crippen LogP contribution in [0.25, 0.3) is 10.9 Å². The maximum atomic E-state index is 13.1. The zero-order valence-corrected chi connectivity index (χ0v) is 18.8. The van der Waals surface area contributed by atoms with Crippen molar-refractivity contribution in [3.8, 4) is 0 Å². The first kappa shape index (κ1) is 21.0. The van der Waals surface area contributed by atoms with Crippen LogP contribution >= 0.6 is 12.2 Å². The van der Waals surface area contributed by atoms with Gasteiger partial charge in [0, 0.05) is 25.2 Å². The summed E-state index contributed by atoms with van der Waals surface area (Å²) in [4.78, 5) is 31.2. The number of aromatic amines is 1. The third-order valence-electron chi connectivity index (χ3n) is 6.43. The van der Waals surface area contributed by atoms with Crippen LogP contribution in [0.1, 0.15) is 62.7 Å². The molecule has 2 aromatic rings. The van der Waals surface area contributed by atoms with Gasteiger partial charge in [0.2, 0.25) is 0 Å². The average Bonchev–Trinajstić information content (AvgIpc) is 2.72. The lowest BCUT2D eigenvalue weighted by Gasteiger charge is -2.35. The largest absolute Gasteiger partial charge is 0.338 e. The van der Waals surface area contributed by atoms with Gasteiger partial charge < -0.3 is 9.88 Å². The van der Waals surface area contributed by atoms with Crippen molar-refractivity contribution in [2.75, 3.05) is 13.1 Å². The minimum absolute atomic E-state index is 0.0306. The van der Waals surface area contributed by atoms with E-state index in [2.05, 4.69) is 24.9 Å². The fraction of sp³-hybridized carbons (Fsp3) is 0.542. The van der Waals surface area contributed by atoms with Crippen molar-refractivity contribution in [1.82, 2.24) is 14.5 Å². The second-order valence-electron chi connectivity index (χ2n) is 9.16. The summed E-state index contributed by atoms with van der Waals surface area (Å²) >= 11 is 5.49. The molecule has 1 aromatic carbocycles. The van der Waals surface area contributed by atoms with Crippen molar-refractivity contribution in [3.05, 3.63) is 50.5 Å². The predicted octanol–water partition coefficient (Wildman–Crippen LogP) is 5.07. The highest BCUT2D eigenvalue weighted by atomic mass is 32.1. The highest BCUT2D eigenvalue weighted by Crippen LogP contribution is 2.24. The van der Waals surface area contributed by atoms with Gasteiger partial charge in [-0.15, -0.1) is 0 Å². The van der Waals surface area contributed by atoms with Gasteiger partial charge in [-0.1, -0.05) is 25.5 Å². The number of nitrogens with one attached hydrogen (secondary N) is 1. The fourth-order valence-electron chi connectivity index (χ4n) is 4.99. The van der Waals surface area contributed by atoms with E-state index in [-0.39, 0.29) is 11.5 Å². The Bertz CT molecular complexity index is 1090. The van der Waals surface area contributed by atoms with Crippen molar-refractivity contribution in [2.24, 2.45) is 11.8 Å². The van der Waals surface area contributed by atoms with Crippen molar-refractivity contribution in [1.29, 1.82) is 0 Å². The molecule has 1 amide bonds. The highest BCUT2D eigenvalue weighted by Gasteiger charge is 2.26. The van der Waals surface area contributed by atoms with Crippen LogP contribution in [0.4, 0.5) is 0 Å². The molecular formula is C24H31N3O2S. The van der Waals surface area contributed by atoms with Crippen molar-refractivity contribution in [2.45, 2.75) is 58.9 Å². The molecule has 1 aromatic heterocycles. The maximum absolute atomic E-state index is 13.1. The van der Waals surface area contributed by atoms with Gasteiger partial charge in [-0.25, -0.2) is 0 Å². The molecule has 1 fully saturated rings. The quantitative estimate of drug-likeness (QED) is 0.550. The molecule has 2 unspecified atom stereocenters. The van der Waals surface area contributed by atoms with Crippen LogP contribution in [0.15, 0.2) is 34.6 Å². The Morgan fingerprint density at radius 3 is 2.67 bits per heavy atom. The van der Waals surface area contributed by atoms with E-state index in [0.29, 0.717) is 39.6 Å². The number of hydrogen-bond acceptors (Lipinski definition) is 3. The number of nitrogens with zero attached hydrogens (tertiary/aromatic N) is 2. The fourth-order valence-corrected chi connectivity index (χ4v) is 5.27. The van der Waals surface area contributed by atoms with E-state index in [0.717, 1.165) is 38.8 Å². The Kier molecular flexibility index (Phi) is 6.23. The van der Waals surface area contributed by atoms with Gasteiger partial charge in [-0.05, 0) is 80.8 Å². The number of H-pyrrole nitrogens is 1. The standard InChI is InChI=1S/C24H31N3O2S/c1-16-12-17(2)15-26(14-16)22(28)19-8-9-20-21(13-19)25-24(30)27(23(20)29)11-10-18-6-4-3-5-7-18/h6,8-9,13,16-17H,3-5,7,10-12,14-15H2,1-2H3,(H,25,30). The van der Waals surface area contributed by atoms with Crippen LogP contribution in [-0.4, -0.2) is 33.4 Å². The van der Waals surface area contributed by atoms with Gasteiger partial charge in [0.05, 0.1) is 10.9 Å². The first-order valence-corrected chi connectivity index (χ1v) is 11.6. The molecule has 6 heteroatoms. The predicted molar refractivity (Wildman–Crippen MR) is 123 cm³/mol. The molecule has 4 rings (SSSR count). The van der Waals surface area contributed by atoms with Gasteiger partial charge in [0.15, 0.2) is 4.77 Å². The number of hydrogen-bond donors (Lipinski definition) is 1. The van der Waals surface area contributed by atoms with Gasteiger partial charge in [-0.2, -0.15) is 0 Å². The molecule has 0 spiro atoms. The Morgan fingerprint density at radius 2 is 1.97 bits per heavy atom. The zero-order valence-electron chi connectivity index (χ0n) is 17.9. The van der Waals surface area contributed by atoms with E-state index >= 15 is 0 Å². The van der Waals surface area contributed by atoms with Crippen LogP contribution in [0.3, 0.4) is 0 Å². The SMILES string of the molecule is CC1CC(C)CN(C(=O)c2ccc3c(=O)n(CCC4=CCCCC4)c(=S)[nH]c3c2)C1. The topological polar surface area (TPSA) is 58.1 Å². The third kappa shape index (κ3) is 4.43. The molecule has 1 aliphatic carbocycles. The summed E-state index contributed by atoms with van der Waals surface area (Å²) in [6.07, 6.45) is 9.09. The Hall–Kier alpha value is -2.21. The zero-order chi connectivity index (χ0) is 21.3. The molecule has 30 heavy (non-hydrogen) atoms. The van der Waals surface area contributed by atoms with Gasteiger partial charge in [-0.3, -0.25) is 14.2 Å². The van der Waals surface area contributed by atoms with Crippen LogP contribution < -0.4 is 5.56 Å². The second-order valence-corrected chi connectivity index (χ2v) is 9.55. The number of fused-ring (bicyclic) bond motifs is 1. The minimum atomic E-state index is -0.0793. The van der Waals surface area contributed by atoms with Crippen molar-refractivity contribution >= 4 is 29.0 Å². The van der Waals surface area contributed by atoms with Gasteiger partial charge in [0.1, 0.15) is 0 Å². The number of piperidine rings is 1. The van der Waals surface area contributed by atoms with Crippen molar-refractivity contribution < 1.29 is 4.79 Å². The van der Waals surface area contributed by atoms with E-state index in [4.69, 9.17) is 12.2 Å². The number of rotatable bonds is 4. The third-order valence-corrected chi connectivity index (χ3v) is 6.75. The lowest BCUT2D eigenvalue weighted by atomic mass is 9.91. The highest BCUT2D eigenvalue weighted by molar-refractivity contribution is 7.71. The Morgan fingerprint density at radius 1 is 1.20 bits per heavy atom. The summed E-state index contributed by atoms with van der Waals surface area (Å²) in [7, 11) is 0. The van der Waals surface area contributed by atoms with E-state index in [1.54, 1.807) is 22.8 Å². The molecule has 160 valence electrons. The van der Waals surface area contributed by atoms with Crippen molar-refractivity contribution in [3.63, 3.8) is 0 Å². The summed E-state index contributed by atoms with van der Waals surface area (Å²) in [5.41, 5.74) is 2.60. The smallest absolute Gasteiger partial charge is 0.262 e. The first-order valence-electron chi connectivity index (χ1n) is 11.2. The molecule has 2 heterocycles. The van der Waals surface area contributed by atoms with Gasteiger partial charge in [0.25, 0.3) is 11.5 Å². The molecule has 0 radical (unpaired) electrons. The molecule has 1 N–H and O–H groups in total. The van der Waals surface area contributed by atoms with Gasteiger partial charge >= 0.3 is 0 Å². The number of carbonyl (C=O) groups is 1. The summed E-state index contributed by atoms with van der Waals surface area (Å²) in [6, 6.07) is 5.33. The average molecular weight is 426 g/mol. The summed E-state index contributed by atoms with van der Waals surface area (Å²) in [6.45, 7) is 6.56. The van der Waals surface area contributed by atoms with E-state index in [1.807, 2.05) is 4.90 Å². The van der Waals surface area contributed by atoms with E-state index in [1.165, 1.54) is 18.4 Å². The summed E-state index contributed by atoms with van der Waals surface area (Å²) < 4.78 is 2.08. The van der Waals surface area contributed by atoms with Crippen LogP contribution in [-0.2, 0) is 6.54 Å². The number of benzene rings is 1. The lowest BCUT2D eigenvalue weighted by molar-refractivity contribution is 0.0623. The maximum Gasteiger partial charge on any atom is 0.262 e. The van der Waals surface area contributed by atoms with E-state index < -0.39 is 0 Å². The Labute approximate surface area is 182 Å². The van der Waals surface area contributed by atoms with Crippen LogP contribution in [0.5, 0.6) is 0 Å². The van der Waals surface area contributed by atoms with Crippen LogP contribution in [0.2, 0.25) is 0 Å². The number of likely N-dealkylation sites (tertiary alicyclic amines) is 1.